The molecular weight excluding hydrogens is 210 g/mol. The fourth-order valence-corrected chi connectivity index (χ4v) is 1.31. The van der Waals surface area contributed by atoms with Gasteiger partial charge in [-0.15, -0.1) is 0 Å². The Kier molecular flexibility index (Phi) is 2.69. The molecule has 0 aliphatic rings. The SMILES string of the molecule is Cc1nccn1Cc1cc(C(=O)NN)no1. The van der Waals surface area contributed by atoms with E-state index in [1.165, 1.54) is 0 Å². The highest BCUT2D eigenvalue weighted by Gasteiger charge is 2.11. The van der Waals surface area contributed by atoms with Crippen LogP contribution in [0.3, 0.4) is 0 Å². The summed E-state index contributed by atoms with van der Waals surface area (Å²) in [5, 5.41) is 3.60. The van der Waals surface area contributed by atoms with E-state index in [0.717, 1.165) is 5.82 Å². The number of aryl methyl sites for hydroxylation is 1. The molecule has 3 N–H and O–H groups in total. The van der Waals surface area contributed by atoms with Gasteiger partial charge >= 0.3 is 0 Å². The van der Waals surface area contributed by atoms with Crippen LogP contribution in [0, 0.1) is 6.92 Å². The molecule has 7 nitrogen and oxygen atoms in total. The lowest BCUT2D eigenvalue weighted by molar-refractivity contribution is 0.0944. The lowest BCUT2D eigenvalue weighted by Gasteiger charge is -1.99. The van der Waals surface area contributed by atoms with Crippen molar-refractivity contribution in [3.63, 3.8) is 0 Å². The fraction of sp³-hybridized carbons (Fsp3) is 0.222. The predicted octanol–water partition coefficient (Wildman–Crippen LogP) is -0.169. The van der Waals surface area contributed by atoms with Gasteiger partial charge in [0.25, 0.3) is 5.91 Å². The van der Waals surface area contributed by atoms with Crippen molar-refractivity contribution in [3.8, 4) is 0 Å². The molecule has 0 atom stereocenters. The number of aromatic nitrogens is 3. The number of nitrogen functional groups attached to an aromatic ring is 1. The molecule has 0 saturated heterocycles. The monoisotopic (exact) mass is 221 g/mol. The predicted molar refractivity (Wildman–Crippen MR) is 54.2 cm³/mol. The Balaban J connectivity index is 2.14. The van der Waals surface area contributed by atoms with Gasteiger partial charge in [0.1, 0.15) is 5.82 Å². The van der Waals surface area contributed by atoms with E-state index in [9.17, 15) is 4.79 Å². The van der Waals surface area contributed by atoms with Crippen LogP contribution in [0.4, 0.5) is 0 Å². The molecule has 0 aliphatic carbocycles. The highest BCUT2D eigenvalue weighted by Crippen LogP contribution is 2.07. The number of nitrogens with zero attached hydrogens (tertiary/aromatic N) is 3. The van der Waals surface area contributed by atoms with Gasteiger partial charge in [-0.1, -0.05) is 5.16 Å². The number of hydrogen-bond acceptors (Lipinski definition) is 5. The van der Waals surface area contributed by atoms with Crippen molar-refractivity contribution >= 4 is 5.91 Å². The number of nitrogens with one attached hydrogen (secondary N) is 1. The third-order valence-electron chi connectivity index (χ3n) is 2.17. The van der Waals surface area contributed by atoms with E-state index in [1.807, 2.05) is 23.1 Å². The van der Waals surface area contributed by atoms with Crippen LogP contribution >= 0.6 is 0 Å². The van der Waals surface area contributed by atoms with Gasteiger partial charge in [-0.2, -0.15) is 0 Å². The molecule has 0 aliphatic heterocycles. The summed E-state index contributed by atoms with van der Waals surface area (Å²) < 4.78 is 6.88. The molecule has 2 aromatic heterocycles. The number of amides is 1. The van der Waals surface area contributed by atoms with E-state index >= 15 is 0 Å². The number of carbonyl (C=O) groups excluding carboxylic acids is 1. The molecule has 7 heteroatoms. The van der Waals surface area contributed by atoms with E-state index in [0.29, 0.717) is 12.3 Å². The highest BCUT2D eigenvalue weighted by atomic mass is 16.5. The summed E-state index contributed by atoms with van der Waals surface area (Å²) in [7, 11) is 0. The van der Waals surface area contributed by atoms with Gasteiger partial charge in [0.2, 0.25) is 0 Å². The minimum absolute atomic E-state index is 0.162. The second-order valence-electron chi connectivity index (χ2n) is 3.25. The highest BCUT2D eigenvalue weighted by molar-refractivity contribution is 5.91. The van der Waals surface area contributed by atoms with Crippen LogP contribution in [0.25, 0.3) is 0 Å². The standard InChI is InChI=1S/C9H11N5O2/c1-6-11-2-3-14(6)5-7-4-8(13-16-7)9(15)12-10/h2-4H,5,10H2,1H3,(H,12,15). The van der Waals surface area contributed by atoms with Crippen LogP contribution in [-0.2, 0) is 6.54 Å². The van der Waals surface area contributed by atoms with Crippen LogP contribution in [0.15, 0.2) is 23.0 Å². The van der Waals surface area contributed by atoms with Crippen molar-refractivity contribution in [3.05, 3.63) is 35.7 Å². The Bertz CT molecular complexity index is 501. The van der Waals surface area contributed by atoms with Crippen LogP contribution in [0.1, 0.15) is 22.1 Å². The molecule has 0 fully saturated rings. The van der Waals surface area contributed by atoms with Gasteiger partial charge < -0.3 is 9.09 Å². The Morgan fingerprint density at radius 1 is 1.69 bits per heavy atom. The summed E-state index contributed by atoms with van der Waals surface area (Å²) in [5.41, 5.74) is 2.15. The van der Waals surface area contributed by atoms with Crippen LogP contribution in [-0.4, -0.2) is 20.6 Å². The van der Waals surface area contributed by atoms with Gasteiger partial charge in [-0.05, 0) is 6.92 Å². The minimum Gasteiger partial charge on any atom is -0.359 e. The molecule has 0 spiro atoms. The molecule has 16 heavy (non-hydrogen) atoms. The normalized spacial score (nSPS) is 10.4. The van der Waals surface area contributed by atoms with E-state index in [4.69, 9.17) is 10.4 Å². The lowest BCUT2D eigenvalue weighted by Crippen LogP contribution is -2.30. The van der Waals surface area contributed by atoms with Crippen molar-refractivity contribution < 1.29 is 9.32 Å². The van der Waals surface area contributed by atoms with E-state index in [2.05, 4.69) is 10.1 Å². The number of nitrogens with two attached hydrogens (primary N) is 1. The first kappa shape index (κ1) is 10.4. The van der Waals surface area contributed by atoms with Crippen LogP contribution in [0.5, 0.6) is 0 Å². The van der Waals surface area contributed by atoms with Crippen molar-refractivity contribution in [1.29, 1.82) is 0 Å². The molecule has 0 unspecified atom stereocenters. The Morgan fingerprint density at radius 3 is 3.12 bits per heavy atom. The van der Waals surface area contributed by atoms with Gasteiger partial charge in [0.05, 0.1) is 6.54 Å². The summed E-state index contributed by atoms with van der Waals surface area (Å²) in [6, 6.07) is 1.54. The molecule has 2 aromatic rings. The molecule has 0 radical (unpaired) electrons. The van der Waals surface area contributed by atoms with E-state index < -0.39 is 5.91 Å². The minimum atomic E-state index is -0.475. The molecule has 0 saturated carbocycles. The van der Waals surface area contributed by atoms with Gasteiger partial charge in [0, 0.05) is 18.5 Å². The van der Waals surface area contributed by atoms with Crippen molar-refractivity contribution in [1.82, 2.24) is 20.1 Å². The van der Waals surface area contributed by atoms with Crippen molar-refractivity contribution in [2.45, 2.75) is 13.5 Å². The van der Waals surface area contributed by atoms with Crippen LogP contribution < -0.4 is 11.3 Å². The zero-order valence-corrected chi connectivity index (χ0v) is 8.67. The van der Waals surface area contributed by atoms with E-state index in [1.54, 1.807) is 12.3 Å². The lowest BCUT2D eigenvalue weighted by atomic mass is 10.3. The molecule has 0 bridgehead atoms. The summed E-state index contributed by atoms with van der Waals surface area (Å²) in [5.74, 6) is 5.93. The Hall–Kier alpha value is -2.15. The summed E-state index contributed by atoms with van der Waals surface area (Å²) in [6.45, 7) is 2.36. The van der Waals surface area contributed by atoms with Gasteiger partial charge in [-0.3, -0.25) is 10.2 Å². The number of imidazole rings is 1. The van der Waals surface area contributed by atoms with Crippen molar-refractivity contribution in [2.75, 3.05) is 0 Å². The fourth-order valence-electron chi connectivity index (χ4n) is 1.31. The molecular formula is C9H11N5O2. The third kappa shape index (κ3) is 1.94. The first-order chi connectivity index (χ1) is 7.70. The maximum atomic E-state index is 11.1. The molecule has 2 heterocycles. The topological polar surface area (TPSA) is 99.0 Å². The average Bonchev–Trinajstić information content (AvgIpc) is 2.89. The summed E-state index contributed by atoms with van der Waals surface area (Å²) in [4.78, 5) is 15.2. The smallest absolute Gasteiger partial charge is 0.287 e. The van der Waals surface area contributed by atoms with Crippen LogP contribution in [0.2, 0.25) is 0 Å². The maximum absolute atomic E-state index is 11.1. The third-order valence-corrected chi connectivity index (χ3v) is 2.17. The molecule has 2 rings (SSSR count). The summed E-state index contributed by atoms with van der Waals surface area (Å²) in [6.07, 6.45) is 3.51. The number of hydrogen-bond donors (Lipinski definition) is 2. The van der Waals surface area contributed by atoms with E-state index in [-0.39, 0.29) is 5.69 Å². The zero-order valence-electron chi connectivity index (χ0n) is 8.67. The second kappa shape index (κ2) is 4.15. The number of carbonyl (C=O) groups is 1. The van der Waals surface area contributed by atoms with Gasteiger partial charge in [-0.25, -0.2) is 10.8 Å². The molecule has 0 aromatic carbocycles. The first-order valence-electron chi connectivity index (χ1n) is 4.65. The summed E-state index contributed by atoms with van der Waals surface area (Å²) >= 11 is 0. The molecule has 1 amide bonds. The van der Waals surface area contributed by atoms with Crippen molar-refractivity contribution in [2.24, 2.45) is 5.84 Å². The molecule has 84 valence electrons. The quantitative estimate of drug-likeness (QED) is 0.426. The average molecular weight is 221 g/mol. The number of rotatable bonds is 3. The maximum Gasteiger partial charge on any atom is 0.287 e. The second-order valence-corrected chi connectivity index (χ2v) is 3.25. The largest absolute Gasteiger partial charge is 0.359 e. The zero-order chi connectivity index (χ0) is 11.5. The number of hydrazine groups is 1. The van der Waals surface area contributed by atoms with Gasteiger partial charge in [0.15, 0.2) is 11.5 Å². The Morgan fingerprint density at radius 2 is 2.50 bits per heavy atom. The Labute approximate surface area is 91.2 Å². The first-order valence-corrected chi connectivity index (χ1v) is 4.65.